The highest BCUT2D eigenvalue weighted by Crippen LogP contribution is 2.02. The minimum absolute atomic E-state index is 0.375. The number of nitriles is 1. The van der Waals surface area contributed by atoms with E-state index in [0.29, 0.717) is 0 Å². The minimum Gasteiger partial charge on any atom is -0.271 e. The number of carbonyl (C=O) groups excluding carboxylic acids is 1. The fraction of sp³-hybridized carbons (Fsp3) is 0.167. The SMILES string of the molecule is N#C[C@H]1C=CC=NC1=O. The van der Waals surface area contributed by atoms with Gasteiger partial charge in [0.05, 0.1) is 6.07 Å². The van der Waals surface area contributed by atoms with Crippen molar-refractivity contribution >= 4 is 12.1 Å². The molecular formula is C6H4N2O. The summed E-state index contributed by atoms with van der Waals surface area (Å²) in [5, 5.41) is 8.27. The Morgan fingerprint density at radius 1 is 1.78 bits per heavy atom. The maximum atomic E-state index is 10.6. The molecule has 1 heterocycles. The zero-order valence-corrected chi connectivity index (χ0v) is 4.61. The van der Waals surface area contributed by atoms with Crippen molar-refractivity contribution in [1.29, 1.82) is 5.26 Å². The van der Waals surface area contributed by atoms with E-state index in [0.717, 1.165) is 0 Å². The molecule has 1 atom stereocenters. The molecule has 1 rings (SSSR count). The first-order valence-corrected chi connectivity index (χ1v) is 2.49. The number of carbonyl (C=O) groups is 1. The van der Waals surface area contributed by atoms with Crippen molar-refractivity contribution < 1.29 is 4.79 Å². The number of nitrogens with zero attached hydrogens (tertiary/aromatic N) is 2. The van der Waals surface area contributed by atoms with Gasteiger partial charge < -0.3 is 0 Å². The van der Waals surface area contributed by atoms with Gasteiger partial charge in [-0.1, -0.05) is 6.08 Å². The molecule has 0 spiro atoms. The van der Waals surface area contributed by atoms with Gasteiger partial charge in [-0.15, -0.1) is 0 Å². The van der Waals surface area contributed by atoms with Crippen LogP contribution in [0.25, 0.3) is 0 Å². The lowest BCUT2D eigenvalue weighted by Crippen LogP contribution is -2.09. The van der Waals surface area contributed by atoms with Crippen molar-refractivity contribution in [1.82, 2.24) is 0 Å². The third-order valence-electron chi connectivity index (χ3n) is 0.997. The van der Waals surface area contributed by atoms with Crippen LogP contribution in [0.5, 0.6) is 0 Å². The van der Waals surface area contributed by atoms with Crippen molar-refractivity contribution in [3.63, 3.8) is 0 Å². The van der Waals surface area contributed by atoms with Gasteiger partial charge in [-0.05, 0) is 6.08 Å². The topological polar surface area (TPSA) is 53.2 Å². The molecule has 1 amide bonds. The van der Waals surface area contributed by atoms with Crippen LogP contribution in [0, 0.1) is 17.2 Å². The van der Waals surface area contributed by atoms with Crippen LogP contribution in [0.1, 0.15) is 0 Å². The molecule has 44 valence electrons. The third-order valence-corrected chi connectivity index (χ3v) is 0.997. The summed E-state index contributed by atoms with van der Waals surface area (Å²) in [4.78, 5) is 14.0. The highest BCUT2D eigenvalue weighted by Gasteiger charge is 2.13. The summed E-state index contributed by atoms with van der Waals surface area (Å²) in [7, 11) is 0. The summed E-state index contributed by atoms with van der Waals surface area (Å²) in [6.45, 7) is 0. The molecule has 0 unspecified atom stereocenters. The van der Waals surface area contributed by atoms with Crippen molar-refractivity contribution in [2.24, 2.45) is 10.9 Å². The molecule has 0 bridgehead atoms. The van der Waals surface area contributed by atoms with E-state index in [-0.39, 0.29) is 5.91 Å². The standard InChI is InChI=1S/C6H4N2O/c7-4-5-2-1-3-8-6(5)9/h1-3,5H/t5-/m1/s1. The second-order valence-corrected chi connectivity index (χ2v) is 1.61. The summed E-state index contributed by atoms with van der Waals surface area (Å²) in [6, 6.07) is 1.80. The van der Waals surface area contributed by atoms with Gasteiger partial charge in [0.2, 0.25) is 0 Å². The Balaban J connectivity index is 2.81. The number of aliphatic imine (C=N–C) groups is 1. The van der Waals surface area contributed by atoms with Crippen molar-refractivity contribution in [3.8, 4) is 6.07 Å². The zero-order valence-electron chi connectivity index (χ0n) is 4.61. The van der Waals surface area contributed by atoms with Gasteiger partial charge in [0.25, 0.3) is 5.91 Å². The highest BCUT2D eigenvalue weighted by atomic mass is 16.1. The fourth-order valence-electron chi connectivity index (χ4n) is 0.538. The second-order valence-electron chi connectivity index (χ2n) is 1.61. The Morgan fingerprint density at radius 2 is 2.56 bits per heavy atom. The predicted molar refractivity (Wildman–Crippen MR) is 31.7 cm³/mol. The maximum Gasteiger partial charge on any atom is 0.266 e. The summed E-state index contributed by atoms with van der Waals surface area (Å²) < 4.78 is 0. The molecule has 3 nitrogen and oxygen atoms in total. The minimum atomic E-state index is -0.657. The molecule has 9 heavy (non-hydrogen) atoms. The highest BCUT2D eigenvalue weighted by molar-refractivity contribution is 5.95. The van der Waals surface area contributed by atoms with Gasteiger partial charge in [-0.25, -0.2) is 4.99 Å². The summed E-state index contributed by atoms with van der Waals surface area (Å²) in [5.41, 5.74) is 0. The van der Waals surface area contributed by atoms with E-state index in [2.05, 4.69) is 4.99 Å². The lowest BCUT2D eigenvalue weighted by molar-refractivity contribution is -0.118. The van der Waals surface area contributed by atoms with Crippen molar-refractivity contribution in [2.45, 2.75) is 0 Å². The van der Waals surface area contributed by atoms with Crippen LogP contribution in [0.2, 0.25) is 0 Å². The monoisotopic (exact) mass is 120 g/mol. The molecule has 0 aliphatic carbocycles. The average Bonchev–Trinajstić information content (AvgIpc) is 1.89. The van der Waals surface area contributed by atoms with E-state index < -0.39 is 5.92 Å². The van der Waals surface area contributed by atoms with Gasteiger partial charge >= 0.3 is 0 Å². The van der Waals surface area contributed by atoms with E-state index in [1.165, 1.54) is 12.3 Å². The van der Waals surface area contributed by atoms with Crippen molar-refractivity contribution in [2.75, 3.05) is 0 Å². The molecule has 0 N–H and O–H groups in total. The Labute approximate surface area is 52.3 Å². The first-order valence-electron chi connectivity index (χ1n) is 2.49. The molecule has 0 aromatic heterocycles. The van der Waals surface area contributed by atoms with Gasteiger partial charge in [-0.3, -0.25) is 4.79 Å². The fourth-order valence-corrected chi connectivity index (χ4v) is 0.538. The van der Waals surface area contributed by atoms with Crippen LogP contribution in [-0.2, 0) is 4.79 Å². The second kappa shape index (κ2) is 2.23. The number of allylic oxidation sites excluding steroid dienone is 1. The van der Waals surface area contributed by atoms with Gasteiger partial charge in [0.1, 0.15) is 5.92 Å². The summed E-state index contributed by atoms with van der Waals surface area (Å²) in [6.07, 6.45) is 4.50. The largest absolute Gasteiger partial charge is 0.271 e. The number of dihydropyridines is 1. The van der Waals surface area contributed by atoms with Crippen LogP contribution in [0.15, 0.2) is 17.1 Å². The van der Waals surface area contributed by atoms with E-state index in [1.807, 2.05) is 0 Å². The lowest BCUT2D eigenvalue weighted by Gasteiger charge is -1.98. The Hall–Kier alpha value is -1.43. The molecule has 1 aliphatic heterocycles. The number of rotatable bonds is 0. The van der Waals surface area contributed by atoms with Crippen LogP contribution in [-0.4, -0.2) is 12.1 Å². The molecule has 0 saturated carbocycles. The smallest absolute Gasteiger partial charge is 0.266 e. The number of amides is 1. The molecule has 0 radical (unpaired) electrons. The first kappa shape index (κ1) is 5.70. The first-order chi connectivity index (χ1) is 4.34. The average molecular weight is 120 g/mol. The molecule has 0 fully saturated rings. The zero-order chi connectivity index (χ0) is 6.69. The van der Waals surface area contributed by atoms with E-state index >= 15 is 0 Å². The molecule has 0 saturated heterocycles. The third kappa shape index (κ3) is 1.03. The number of hydrogen-bond donors (Lipinski definition) is 0. The van der Waals surface area contributed by atoms with Crippen molar-refractivity contribution in [3.05, 3.63) is 12.2 Å². The summed E-state index contributed by atoms with van der Waals surface area (Å²) in [5.74, 6) is -1.03. The van der Waals surface area contributed by atoms with Gasteiger partial charge in [-0.2, -0.15) is 5.26 Å². The Kier molecular flexibility index (Phi) is 1.41. The Morgan fingerprint density at radius 3 is 3.00 bits per heavy atom. The van der Waals surface area contributed by atoms with Crippen LogP contribution in [0.4, 0.5) is 0 Å². The summed E-state index contributed by atoms with van der Waals surface area (Å²) >= 11 is 0. The van der Waals surface area contributed by atoms with Crippen LogP contribution < -0.4 is 0 Å². The number of hydrogen-bond acceptors (Lipinski definition) is 2. The van der Waals surface area contributed by atoms with E-state index in [1.54, 1.807) is 12.1 Å². The lowest BCUT2D eigenvalue weighted by atomic mass is 10.1. The van der Waals surface area contributed by atoms with Gasteiger partial charge in [0.15, 0.2) is 0 Å². The van der Waals surface area contributed by atoms with Crippen LogP contribution >= 0.6 is 0 Å². The predicted octanol–water partition coefficient (Wildman–Crippen LogP) is 0.293. The molecular weight excluding hydrogens is 116 g/mol. The molecule has 0 aromatic rings. The molecule has 1 aliphatic rings. The van der Waals surface area contributed by atoms with Gasteiger partial charge in [0, 0.05) is 6.21 Å². The van der Waals surface area contributed by atoms with Crippen LogP contribution in [0.3, 0.4) is 0 Å². The maximum absolute atomic E-state index is 10.6. The molecule has 0 aromatic carbocycles. The van der Waals surface area contributed by atoms with E-state index in [4.69, 9.17) is 5.26 Å². The quantitative estimate of drug-likeness (QED) is 0.461. The molecule has 3 heteroatoms. The van der Waals surface area contributed by atoms with E-state index in [9.17, 15) is 4.79 Å². The Bertz CT molecular complexity index is 222. The normalized spacial score (nSPS) is 23.9.